The highest BCUT2D eigenvalue weighted by atomic mass is 32.2. The van der Waals surface area contributed by atoms with Crippen LogP contribution in [-0.2, 0) is 0 Å². The summed E-state index contributed by atoms with van der Waals surface area (Å²) in [6, 6.07) is 5.07. The van der Waals surface area contributed by atoms with Gasteiger partial charge in [-0.05, 0) is 37.3 Å². The molecule has 0 amide bonds. The Kier molecular flexibility index (Phi) is 5.05. The summed E-state index contributed by atoms with van der Waals surface area (Å²) in [6.45, 7) is 3.87. The third-order valence-corrected chi connectivity index (χ3v) is 5.20. The third-order valence-electron chi connectivity index (χ3n) is 3.84. The molecule has 1 saturated carbocycles. The molecule has 0 aromatic heterocycles. The number of hydrogen-bond donors (Lipinski definition) is 1. The van der Waals surface area contributed by atoms with Crippen molar-refractivity contribution in [2.75, 3.05) is 0 Å². The highest BCUT2D eigenvalue weighted by molar-refractivity contribution is 8.00. The summed E-state index contributed by atoms with van der Waals surface area (Å²) in [5, 5.41) is 21.2. The molecule has 1 aromatic rings. The summed E-state index contributed by atoms with van der Waals surface area (Å²) < 4.78 is 0. The minimum atomic E-state index is -0.678. The first-order valence-electron chi connectivity index (χ1n) is 7.10. The lowest BCUT2D eigenvalue weighted by Gasteiger charge is -2.26. The Morgan fingerprint density at radius 3 is 2.80 bits per heavy atom. The van der Waals surface area contributed by atoms with Crippen molar-refractivity contribution in [1.82, 2.24) is 0 Å². The van der Waals surface area contributed by atoms with Crippen molar-refractivity contribution in [3.8, 4) is 0 Å². The summed E-state index contributed by atoms with van der Waals surface area (Å²) >= 11 is 1.62. The monoisotopic (exact) mass is 295 g/mol. The first-order chi connectivity index (χ1) is 9.47. The zero-order valence-corrected chi connectivity index (χ0v) is 12.7. The number of hydrogen-bond acceptors (Lipinski definition) is 4. The number of rotatable bonds is 4. The zero-order chi connectivity index (χ0) is 14.7. The van der Waals surface area contributed by atoms with Gasteiger partial charge in [-0.3, -0.25) is 10.1 Å². The molecule has 0 heterocycles. The van der Waals surface area contributed by atoms with Crippen molar-refractivity contribution in [3.63, 3.8) is 0 Å². The van der Waals surface area contributed by atoms with Gasteiger partial charge in [-0.1, -0.05) is 25.8 Å². The van der Waals surface area contributed by atoms with Gasteiger partial charge in [-0.2, -0.15) is 0 Å². The normalized spacial score (nSPS) is 24.4. The fourth-order valence-corrected chi connectivity index (χ4v) is 4.17. The minimum Gasteiger partial charge on any atom is -0.389 e. The van der Waals surface area contributed by atoms with Crippen LogP contribution in [0.5, 0.6) is 0 Å². The van der Waals surface area contributed by atoms with E-state index in [0.717, 1.165) is 17.7 Å². The molecular formula is C15H21NO3S. The standard InChI is InChI=1S/C15H21NO3S/c1-10-4-3-5-13(8-10)20-15-7-6-12(11(2)17)9-14(15)16(18)19/h6-7,9-11,13,17H,3-5,8H2,1-2H3/t10?,11-,13?/m1/s1. The molecule has 1 aromatic carbocycles. The molecule has 1 fully saturated rings. The predicted octanol–water partition coefficient (Wildman–Crippen LogP) is 4.32. The molecule has 0 bridgehead atoms. The fraction of sp³-hybridized carbons (Fsp3) is 0.600. The molecule has 1 N–H and O–H groups in total. The Labute approximate surface area is 123 Å². The zero-order valence-electron chi connectivity index (χ0n) is 11.9. The molecular weight excluding hydrogens is 274 g/mol. The van der Waals surface area contributed by atoms with Crippen LogP contribution in [0.4, 0.5) is 5.69 Å². The van der Waals surface area contributed by atoms with Crippen LogP contribution in [0.1, 0.15) is 51.2 Å². The summed E-state index contributed by atoms with van der Waals surface area (Å²) in [6.07, 6.45) is 4.05. The lowest BCUT2D eigenvalue weighted by atomic mass is 9.91. The van der Waals surface area contributed by atoms with Crippen LogP contribution in [0, 0.1) is 16.0 Å². The largest absolute Gasteiger partial charge is 0.389 e. The smallest absolute Gasteiger partial charge is 0.283 e. The van der Waals surface area contributed by atoms with E-state index in [1.54, 1.807) is 30.8 Å². The number of aliphatic hydroxyl groups excluding tert-OH is 1. The van der Waals surface area contributed by atoms with E-state index >= 15 is 0 Å². The molecule has 5 heteroatoms. The van der Waals surface area contributed by atoms with Crippen molar-refractivity contribution in [1.29, 1.82) is 0 Å². The average Bonchev–Trinajstić information content (AvgIpc) is 2.38. The van der Waals surface area contributed by atoms with Gasteiger partial charge in [0.15, 0.2) is 0 Å². The maximum Gasteiger partial charge on any atom is 0.283 e. The van der Waals surface area contributed by atoms with Gasteiger partial charge < -0.3 is 5.11 Å². The quantitative estimate of drug-likeness (QED) is 0.663. The Morgan fingerprint density at radius 2 is 2.20 bits per heavy atom. The summed E-state index contributed by atoms with van der Waals surface area (Å²) in [5.41, 5.74) is 0.713. The van der Waals surface area contributed by atoms with Crippen molar-refractivity contribution >= 4 is 17.4 Å². The van der Waals surface area contributed by atoms with Crippen molar-refractivity contribution in [2.45, 2.75) is 55.8 Å². The summed E-state index contributed by atoms with van der Waals surface area (Å²) in [4.78, 5) is 11.6. The highest BCUT2D eigenvalue weighted by Gasteiger charge is 2.24. The van der Waals surface area contributed by atoms with Crippen LogP contribution >= 0.6 is 11.8 Å². The Hall–Kier alpha value is -1.07. The summed E-state index contributed by atoms with van der Waals surface area (Å²) in [7, 11) is 0. The average molecular weight is 295 g/mol. The topological polar surface area (TPSA) is 63.4 Å². The van der Waals surface area contributed by atoms with E-state index in [-0.39, 0.29) is 10.6 Å². The molecule has 0 saturated heterocycles. The first kappa shape index (κ1) is 15.3. The third kappa shape index (κ3) is 3.73. The van der Waals surface area contributed by atoms with Gasteiger partial charge in [-0.15, -0.1) is 11.8 Å². The lowest BCUT2D eigenvalue weighted by Crippen LogP contribution is -2.15. The van der Waals surface area contributed by atoms with Gasteiger partial charge in [0.1, 0.15) is 0 Å². The van der Waals surface area contributed by atoms with Crippen LogP contribution in [0.2, 0.25) is 0 Å². The Balaban J connectivity index is 2.20. The molecule has 2 unspecified atom stereocenters. The molecule has 1 aliphatic carbocycles. The second kappa shape index (κ2) is 6.59. The second-order valence-electron chi connectivity index (χ2n) is 5.67. The number of nitro groups is 1. The number of thioether (sulfide) groups is 1. The van der Waals surface area contributed by atoms with Gasteiger partial charge >= 0.3 is 0 Å². The molecule has 3 atom stereocenters. The first-order valence-corrected chi connectivity index (χ1v) is 7.98. The molecule has 110 valence electrons. The fourth-order valence-electron chi connectivity index (χ4n) is 2.70. The summed E-state index contributed by atoms with van der Waals surface area (Å²) in [5.74, 6) is 0.706. The molecule has 2 rings (SSSR count). The van der Waals surface area contributed by atoms with Crippen LogP contribution in [0.15, 0.2) is 23.1 Å². The Morgan fingerprint density at radius 1 is 1.45 bits per heavy atom. The number of nitro benzene ring substituents is 1. The molecule has 0 aliphatic heterocycles. The molecule has 0 spiro atoms. The molecule has 0 radical (unpaired) electrons. The number of benzene rings is 1. The molecule has 4 nitrogen and oxygen atoms in total. The maximum absolute atomic E-state index is 11.2. The second-order valence-corrected chi connectivity index (χ2v) is 7.01. The number of nitrogens with zero attached hydrogens (tertiary/aromatic N) is 1. The van der Waals surface area contributed by atoms with Gasteiger partial charge in [-0.25, -0.2) is 0 Å². The van der Waals surface area contributed by atoms with Gasteiger partial charge in [0.05, 0.1) is 15.9 Å². The van der Waals surface area contributed by atoms with E-state index in [1.165, 1.54) is 18.9 Å². The number of aliphatic hydroxyl groups is 1. The van der Waals surface area contributed by atoms with Gasteiger partial charge in [0.25, 0.3) is 5.69 Å². The van der Waals surface area contributed by atoms with E-state index < -0.39 is 6.10 Å². The van der Waals surface area contributed by atoms with Crippen LogP contribution < -0.4 is 0 Å². The van der Waals surface area contributed by atoms with E-state index in [4.69, 9.17) is 0 Å². The van der Waals surface area contributed by atoms with Crippen LogP contribution in [0.25, 0.3) is 0 Å². The van der Waals surface area contributed by atoms with E-state index in [9.17, 15) is 15.2 Å². The van der Waals surface area contributed by atoms with E-state index in [1.807, 2.05) is 0 Å². The van der Waals surface area contributed by atoms with Gasteiger partial charge in [0, 0.05) is 11.3 Å². The maximum atomic E-state index is 11.2. The van der Waals surface area contributed by atoms with Crippen molar-refractivity contribution in [3.05, 3.63) is 33.9 Å². The van der Waals surface area contributed by atoms with Crippen molar-refractivity contribution < 1.29 is 10.0 Å². The molecule has 20 heavy (non-hydrogen) atoms. The lowest BCUT2D eigenvalue weighted by molar-refractivity contribution is -0.387. The van der Waals surface area contributed by atoms with Crippen LogP contribution in [0.3, 0.4) is 0 Å². The highest BCUT2D eigenvalue weighted by Crippen LogP contribution is 2.40. The SMILES string of the molecule is CC1CCCC(Sc2ccc([C@@H](C)O)cc2[N+](=O)[O-])C1. The van der Waals surface area contributed by atoms with Gasteiger partial charge in [0.2, 0.25) is 0 Å². The predicted molar refractivity (Wildman–Crippen MR) is 81.0 cm³/mol. The van der Waals surface area contributed by atoms with Crippen LogP contribution in [-0.4, -0.2) is 15.3 Å². The van der Waals surface area contributed by atoms with Crippen molar-refractivity contribution in [2.24, 2.45) is 5.92 Å². The van der Waals surface area contributed by atoms with E-state index in [2.05, 4.69) is 6.92 Å². The van der Waals surface area contributed by atoms with E-state index in [0.29, 0.717) is 16.7 Å². The Bertz CT molecular complexity index is 490. The minimum absolute atomic E-state index is 0.117. The molecule has 1 aliphatic rings.